The Hall–Kier alpha value is -1.56. The molecule has 1 aromatic carbocycles. The van der Waals surface area contributed by atoms with Crippen molar-refractivity contribution in [3.8, 4) is 0 Å². The van der Waals surface area contributed by atoms with E-state index < -0.39 is 0 Å². The first-order valence-corrected chi connectivity index (χ1v) is 9.62. The van der Waals surface area contributed by atoms with Crippen LogP contribution in [0.1, 0.15) is 50.1 Å². The Balaban J connectivity index is 1.52. The summed E-state index contributed by atoms with van der Waals surface area (Å²) < 4.78 is 13.9. The zero-order chi connectivity index (χ0) is 16.9. The first-order chi connectivity index (χ1) is 11.6. The maximum atomic E-state index is 13.9. The van der Waals surface area contributed by atoms with Crippen molar-refractivity contribution in [3.63, 3.8) is 0 Å². The Bertz CT molecular complexity index is 617. The summed E-state index contributed by atoms with van der Waals surface area (Å²) >= 11 is 1.49. The number of amides is 2. The quantitative estimate of drug-likeness (QED) is 0.877. The van der Waals surface area contributed by atoms with Crippen molar-refractivity contribution in [1.29, 1.82) is 0 Å². The number of nitrogens with one attached hydrogen (secondary N) is 2. The topological polar surface area (TPSA) is 58.2 Å². The van der Waals surface area contributed by atoms with Gasteiger partial charge in [-0.25, -0.2) is 4.39 Å². The molecule has 3 rings (SSSR count). The molecule has 6 heteroatoms. The molecule has 0 aromatic heterocycles. The lowest BCUT2D eigenvalue weighted by Crippen LogP contribution is -2.41. The van der Waals surface area contributed by atoms with E-state index in [1.165, 1.54) is 24.2 Å². The van der Waals surface area contributed by atoms with Crippen LogP contribution >= 0.6 is 11.8 Å². The molecule has 130 valence electrons. The molecule has 1 aliphatic heterocycles. The predicted octanol–water partition coefficient (Wildman–Crippen LogP) is 3.18. The lowest BCUT2D eigenvalue weighted by atomic mass is 9.89. The molecule has 1 fully saturated rings. The highest BCUT2D eigenvalue weighted by molar-refractivity contribution is 7.99. The SMILES string of the molecule is O=C(CNC(=O)C1CCCCC1)N[C@@H]1CCSc2c(F)cccc21. The van der Waals surface area contributed by atoms with Gasteiger partial charge in [0.05, 0.1) is 12.6 Å². The summed E-state index contributed by atoms with van der Waals surface area (Å²) in [6.07, 6.45) is 5.97. The molecular formula is C18H23FN2O2S. The van der Waals surface area contributed by atoms with Crippen LogP contribution < -0.4 is 10.6 Å². The van der Waals surface area contributed by atoms with Crippen LogP contribution in [0.2, 0.25) is 0 Å². The third-order valence-electron chi connectivity index (χ3n) is 4.76. The van der Waals surface area contributed by atoms with E-state index >= 15 is 0 Å². The van der Waals surface area contributed by atoms with Gasteiger partial charge in [0.2, 0.25) is 11.8 Å². The third kappa shape index (κ3) is 4.09. The molecule has 0 unspecified atom stereocenters. The molecule has 24 heavy (non-hydrogen) atoms. The number of thioether (sulfide) groups is 1. The van der Waals surface area contributed by atoms with Crippen molar-refractivity contribution in [1.82, 2.24) is 10.6 Å². The fraction of sp³-hybridized carbons (Fsp3) is 0.556. The molecule has 2 aliphatic rings. The molecule has 1 heterocycles. The summed E-state index contributed by atoms with van der Waals surface area (Å²) in [5.41, 5.74) is 0.832. The maximum absolute atomic E-state index is 13.9. The van der Waals surface area contributed by atoms with Gasteiger partial charge in [-0.2, -0.15) is 0 Å². The van der Waals surface area contributed by atoms with E-state index in [0.29, 0.717) is 4.90 Å². The van der Waals surface area contributed by atoms with Crippen LogP contribution in [0, 0.1) is 11.7 Å². The molecule has 1 aliphatic carbocycles. The second kappa shape index (κ2) is 8.01. The predicted molar refractivity (Wildman–Crippen MR) is 92.2 cm³/mol. The number of hydrogen-bond acceptors (Lipinski definition) is 3. The molecule has 0 spiro atoms. The largest absolute Gasteiger partial charge is 0.348 e. The van der Waals surface area contributed by atoms with Gasteiger partial charge in [-0.1, -0.05) is 31.4 Å². The average Bonchev–Trinajstić information content (AvgIpc) is 2.61. The summed E-state index contributed by atoms with van der Waals surface area (Å²) in [5, 5.41) is 5.67. The average molecular weight is 350 g/mol. The van der Waals surface area contributed by atoms with Crippen LogP contribution in [-0.4, -0.2) is 24.1 Å². The van der Waals surface area contributed by atoms with E-state index in [4.69, 9.17) is 0 Å². The number of carbonyl (C=O) groups is 2. The fourth-order valence-electron chi connectivity index (χ4n) is 3.46. The second-order valence-electron chi connectivity index (χ2n) is 6.47. The van der Waals surface area contributed by atoms with Gasteiger partial charge >= 0.3 is 0 Å². The van der Waals surface area contributed by atoms with Crippen LogP contribution in [0.5, 0.6) is 0 Å². The van der Waals surface area contributed by atoms with E-state index in [9.17, 15) is 14.0 Å². The number of rotatable bonds is 4. The van der Waals surface area contributed by atoms with Gasteiger partial charge in [0, 0.05) is 16.6 Å². The molecule has 1 saturated carbocycles. The zero-order valence-electron chi connectivity index (χ0n) is 13.6. The zero-order valence-corrected chi connectivity index (χ0v) is 14.5. The highest BCUT2D eigenvalue weighted by Crippen LogP contribution is 2.37. The van der Waals surface area contributed by atoms with Gasteiger partial charge in [-0.05, 0) is 30.9 Å². The lowest BCUT2D eigenvalue weighted by molar-refractivity contribution is -0.129. The summed E-state index contributed by atoms with van der Waals surface area (Å²) in [7, 11) is 0. The van der Waals surface area contributed by atoms with Crippen molar-refractivity contribution in [3.05, 3.63) is 29.6 Å². The number of fused-ring (bicyclic) bond motifs is 1. The van der Waals surface area contributed by atoms with Gasteiger partial charge < -0.3 is 10.6 Å². The first-order valence-electron chi connectivity index (χ1n) is 8.63. The van der Waals surface area contributed by atoms with Crippen LogP contribution in [-0.2, 0) is 9.59 Å². The van der Waals surface area contributed by atoms with E-state index in [1.807, 2.05) is 6.07 Å². The van der Waals surface area contributed by atoms with Crippen LogP contribution in [0.25, 0.3) is 0 Å². The standard InChI is InChI=1S/C18H23FN2O2S/c19-14-8-4-7-13-15(9-10-24-17(13)14)21-16(22)11-20-18(23)12-5-2-1-3-6-12/h4,7-8,12,15H,1-3,5-6,9-11H2,(H,20,23)(H,21,22)/t15-/m1/s1. The molecule has 0 saturated heterocycles. The molecule has 2 N–H and O–H groups in total. The molecule has 0 bridgehead atoms. The Morgan fingerprint density at radius 1 is 1.17 bits per heavy atom. The normalized spacial score (nSPS) is 21.0. The highest BCUT2D eigenvalue weighted by Gasteiger charge is 2.25. The Kier molecular flexibility index (Phi) is 5.76. The van der Waals surface area contributed by atoms with Crippen molar-refractivity contribution in [2.75, 3.05) is 12.3 Å². The summed E-state index contributed by atoms with van der Waals surface area (Å²) in [6, 6.07) is 4.79. The minimum absolute atomic E-state index is 0.0103. The van der Waals surface area contributed by atoms with Gasteiger partial charge in [0.25, 0.3) is 0 Å². The molecule has 2 amide bonds. The van der Waals surface area contributed by atoms with Crippen LogP contribution in [0.4, 0.5) is 4.39 Å². The van der Waals surface area contributed by atoms with Gasteiger partial charge in [-0.15, -0.1) is 11.8 Å². The van der Waals surface area contributed by atoms with Gasteiger partial charge in [0.1, 0.15) is 5.82 Å². The number of benzene rings is 1. The van der Waals surface area contributed by atoms with Crippen LogP contribution in [0.3, 0.4) is 0 Å². The van der Waals surface area contributed by atoms with Crippen molar-refractivity contribution in [2.24, 2.45) is 5.92 Å². The van der Waals surface area contributed by atoms with Crippen molar-refractivity contribution >= 4 is 23.6 Å². The van der Waals surface area contributed by atoms with E-state index in [0.717, 1.165) is 43.4 Å². The lowest BCUT2D eigenvalue weighted by Gasteiger charge is -2.26. The molecule has 0 radical (unpaired) electrons. The number of carbonyl (C=O) groups excluding carboxylic acids is 2. The smallest absolute Gasteiger partial charge is 0.239 e. The Morgan fingerprint density at radius 2 is 1.96 bits per heavy atom. The fourth-order valence-corrected chi connectivity index (χ4v) is 4.60. The second-order valence-corrected chi connectivity index (χ2v) is 7.57. The summed E-state index contributed by atoms with van der Waals surface area (Å²) in [5.74, 6) is 0.351. The molecular weight excluding hydrogens is 327 g/mol. The number of hydrogen-bond donors (Lipinski definition) is 2. The number of halogens is 1. The van der Waals surface area contributed by atoms with E-state index in [1.54, 1.807) is 6.07 Å². The maximum Gasteiger partial charge on any atom is 0.239 e. The van der Waals surface area contributed by atoms with Crippen molar-refractivity contribution < 1.29 is 14.0 Å². The minimum Gasteiger partial charge on any atom is -0.348 e. The summed E-state index contributed by atoms with van der Waals surface area (Å²) in [6.45, 7) is -0.0103. The Labute approximate surface area is 146 Å². The van der Waals surface area contributed by atoms with Crippen molar-refractivity contribution in [2.45, 2.75) is 49.5 Å². The molecule has 4 nitrogen and oxygen atoms in total. The van der Waals surface area contributed by atoms with Crippen LogP contribution in [0.15, 0.2) is 23.1 Å². The minimum atomic E-state index is -0.234. The summed E-state index contributed by atoms with van der Waals surface area (Å²) in [4.78, 5) is 24.9. The molecule has 1 aromatic rings. The molecule has 1 atom stereocenters. The Morgan fingerprint density at radius 3 is 2.75 bits per heavy atom. The van der Waals surface area contributed by atoms with Gasteiger partial charge in [0.15, 0.2) is 0 Å². The van der Waals surface area contributed by atoms with Gasteiger partial charge in [-0.3, -0.25) is 9.59 Å². The van der Waals surface area contributed by atoms with E-state index in [2.05, 4.69) is 10.6 Å². The highest BCUT2D eigenvalue weighted by atomic mass is 32.2. The van der Waals surface area contributed by atoms with E-state index in [-0.39, 0.29) is 36.1 Å². The third-order valence-corrected chi connectivity index (χ3v) is 5.92. The first kappa shape index (κ1) is 17.3. The monoisotopic (exact) mass is 350 g/mol.